The molecule has 0 spiro atoms. The predicted octanol–water partition coefficient (Wildman–Crippen LogP) is 3.22. The van der Waals surface area contributed by atoms with Crippen LogP contribution in [0, 0.1) is 6.92 Å². The zero-order chi connectivity index (χ0) is 21.3. The molecule has 2 N–H and O–H groups in total. The summed E-state index contributed by atoms with van der Waals surface area (Å²) in [6.07, 6.45) is 0. The lowest BCUT2D eigenvalue weighted by molar-refractivity contribution is -0.133. The smallest absolute Gasteiger partial charge is 0.268 e. The molecule has 0 radical (unpaired) electrons. The van der Waals surface area contributed by atoms with E-state index in [0.717, 1.165) is 5.56 Å². The van der Waals surface area contributed by atoms with Crippen LogP contribution in [0.5, 0.6) is 5.75 Å². The molecule has 1 unspecified atom stereocenters. The highest BCUT2D eigenvalue weighted by atomic mass is 16.5. The third-order valence-corrected chi connectivity index (χ3v) is 5.23. The number of benzene rings is 3. The van der Waals surface area contributed by atoms with E-state index in [1.807, 2.05) is 13.0 Å². The zero-order valence-corrected chi connectivity index (χ0v) is 16.8. The van der Waals surface area contributed by atoms with Crippen molar-refractivity contribution in [1.29, 1.82) is 0 Å². The van der Waals surface area contributed by atoms with E-state index in [-0.39, 0.29) is 12.5 Å². The monoisotopic (exact) mass is 402 g/mol. The second kappa shape index (κ2) is 7.65. The summed E-state index contributed by atoms with van der Waals surface area (Å²) >= 11 is 0. The maximum absolute atomic E-state index is 13.4. The van der Waals surface area contributed by atoms with Crippen LogP contribution in [0.25, 0.3) is 0 Å². The van der Waals surface area contributed by atoms with Crippen LogP contribution in [-0.2, 0) is 15.2 Å². The second-order valence-electron chi connectivity index (χ2n) is 7.27. The number of hydrogen-bond donors (Lipinski definition) is 2. The largest absolute Gasteiger partial charge is 0.497 e. The van der Waals surface area contributed by atoms with Crippen molar-refractivity contribution in [2.75, 3.05) is 23.9 Å². The Morgan fingerprint density at radius 2 is 1.83 bits per heavy atom. The van der Waals surface area contributed by atoms with E-state index in [2.05, 4.69) is 5.32 Å². The SMILES string of the molecule is COc1cccc(NC(=O)CN2C(=O)C(O)(c3cccc(C)c3)c3ccccc32)c1. The van der Waals surface area contributed by atoms with Gasteiger partial charge in [0.15, 0.2) is 5.60 Å². The molecule has 30 heavy (non-hydrogen) atoms. The van der Waals surface area contributed by atoms with E-state index in [4.69, 9.17) is 4.74 Å². The highest BCUT2D eigenvalue weighted by molar-refractivity contribution is 6.12. The number of amides is 2. The van der Waals surface area contributed by atoms with Crippen molar-refractivity contribution in [3.63, 3.8) is 0 Å². The number of carbonyl (C=O) groups excluding carboxylic acids is 2. The minimum Gasteiger partial charge on any atom is -0.497 e. The molecule has 152 valence electrons. The Labute approximate surface area is 174 Å². The van der Waals surface area contributed by atoms with Gasteiger partial charge in [-0.25, -0.2) is 0 Å². The van der Waals surface area contributed by atoms with Crippen molar-refractivity contribution in [3.05, 3.63) is 89.5 Å². The highest BCUT2D eigenvalue weighted by Crippen LogP contribution is 2.44. The molecule has 1 aliphatic rings. The first-order valence-corrected chi connectivity index (χ1v) is 9.58. The van der Waals surface area contributed by atoms with Crippen molar-refractivity contribution in [2.24, 2.45) is 0 Å². The topological polar surface area (TPSA) is 78.9 Å². The Morgan fingerprint density at radius 3 is 2.60 bits per heavy atom. The molecule has 0 aliphatic carbocycles. The van der Waals surface area contributed by atoms with Crippen LogP contribution < -0.4 is 15.0 Å². The van der Waals surface area contributed by atoms with Crippen LogP contribution in [0.3, 0.4) is 0 Å². The number of anilines is 2. The van der Waals surface area contributed by atoms with Crippen molar-refractivity contribution in [2.45, 2.75) is 12.5 Å². The van der Waals surface area contributed by atoms with E-state index in [0.29, 0.717) is 28.3 Å². The number of hydrogen-bond acceptors (Lipinski definition) is 4. The Bertz CT molecular complexity index is 1130. The van der Waals surface area contributed by atoms with Gasteiger partial charge in [-0.1, -0.05) is 54.1 Å². The molecule has 6 heteroatoms. The van der Waals surface area contributed by atoms with Crippen LogP contribution in [0.1, 0.15) is 16.7 Å². The number of aryl methyl sites for hydroxylation is 1. The van der Waals surface area contributed by atoms with Crippen molar-refractivity contribution < 1.29 is 19.4 Å². The van der Waals surface area contributed by atoms with Gasteiger partial charge in [-0.3, -0.25) is 14.5 Å². The summed E-state index contributed by atoms with van der Waals surface area (Å²) in [6.45, 7) is 1.68. The Kier molecular flexibility index (Phi) is 5.01. The molecule has 2 amide bonds. The molecule has 0 bridgehead atoms. The lowest BCUT2D eigenvalue weighted by atomic mass is 9.87. The van der Waals surface area contributed by atoms with Gasteiger partial charge in [0, 0.05) is 17.3 Å². The summed E-state index contributed by atoms with van der Waals surface area (Å²) in [5, 5.41) is 14.3. The Hall–Kier alpha value is -3.64. The molecule has 1 heterocycles. The number of para-hydroxylation sites is 1. The first-order chi connectivity index (χ1) is 14.4. The quantitative estimate of drug-likeness (QED) is 0.687. The van der Waals surface area contributed by atoms with Gasteiger partial charge in [0.1, 0.15) is 12.3 Å². The van der Waals surface area contributed by atoms with Gasteiger partial charge in [-0.15, -0.1) is 0 Å². The predicted molar refractivity (Wildman–Crippen MR) is 115 cm³/mol. The average molecular weight is 402 g/mol. The zero-order valence-electron chi connectivity index (χ0n) is 16.8. The molecule has 6 nitrogen and oxygen atoms in total. The summed E-state index contributed by atoms with van der Waals surface area (Å²) in [5.41, 5.74) is 1.13. The number of fused-ring (bicyclic) bond motifs is 1. The molecule has 0 saturated heterocycles. The van der Waals surface area contributed by atoms with Crippen molar-refractivity contribution in [3.8, 4) is 5.75 Å². The number of ether oxygens (including phenoxy) is 1. The number of nitrogens with one attached hydrogen (secondary N) is 1. The van der Waals surface area contributed by atoms with E-state index in [9.17, 15) is 14.7 Å². The maximum Gasteiger partial charge on any atom is 0.268 e. The van der Waals surface area contributed by atoms with Crippen LogP contribution in [0.15, 0.2) is 72.8 Å². The fourth-order valence-electron chi connectivity index (χ4n) is 3.79. The molecule has 1 aliphatic heterocycles. The van der Waals surface area contributed by atoms with Crippen LogP contribution in [0.4, 0.5) is 11.4 Å². The van der Waals surface area contributed by atoms with E-state index in [1.165, 1.54) is 4.90 Å². The Morgan fingerprint density at radius 1 is 1.07 bits per heavy atom. The number of rotatable bonds is 5. The van der Waals surface area contributed by atoms with E-state index >= 15 is 0 Å². The third kappa shape index (κ3) is 3.31. The van der Waals surface area contributed by atoms with Gasteiger partial charge in [-0.05, 0) is 30.7 Å². The molecule has 0 fully saturated rings. The molecule has 1 atom stereocenters. The molecule has 3 aromatic carbocycles. The van der Waals surface area contributed by atoms with E-state index in [1.54, 1.807) is 73.8 Å². The first kappa shape index (κ1) is 19.7. The number of methoxy groups -OCH3 is 1. The van der Waals surface area contributed by atoms with Gasteiger partial charge < -0.3 is 15.2 Å². The van der Waals surface area contributed by atoms with Crippen molar-refractivity contribution >= 4 is 23.2 Å². The fourth-order valence-corrected chi connectivity index (χ4v) is 3.79. The minimum atomic E-state index is -1.83. The highest BCUT2D eigenvalue weighted by Gasteiger charge is 2.51. The van der Waals surface area contributed by atoms with Crippen LogP contribution in [0.2, 0.25) is 0 Å². The van der Waals surface area contributed by atoms with Gasteiger partial charge in [0.2, 0.25) is 5.91 Å². The number of nitrogens with zero attached hydrogens (tertiary/aromatic N) is 1. The molecular weight excluding hydrogens is 380 g/mol. The molecular formula is C24H22N2O4. The Balaban J connectivity index is 1.64. The molecule has 0 saturated carbocycles. The van der Waals surface area contributed by atoms with Gasteiger partial charge in [0.05, 0.1) is 12.8 Å². The summed E-state index contributed by atoms with van der Waals surface area (Å²) < 4.78 is 5.17. The lowest BCUT2D eigenvalue weighted by Gasteiger charge is -2.24. The fraction of sp³-hybridized carbons (Fsp3) is 0.167. The maximum atomic E-state index is 13.4. The number of carbonyl (C=O) groups is 2. The lowest BCUT2D eigenvalue weighted by Crippen LogP contribution is -2.44. The van der Waals surface area contributed by atoms with Crippen LogP contribution >= 0.6 is 0 Å². The molecule has 0 aromatic heterocycles. The number of aliphatic hydroxyl groups is 1. The summed E-state index contributed by atoms with van der Waals surface area (Å²) in [4.78, 5) is 27.4. The standard InChI is InChI=1S/C24H22N2O4/c1-16-7-5-8-17(13-16)24(29)20-11-3-4-12-21(20)26(23(24)28)15-22(27)25-18-9-6-10-19(14-18)30-2/h3-14,29H,15H2,1-2H3,(H,25,27). The molecule has 3 aromatic rings. The first-order valence-electron chi connectivity index (χ1n) is 9.58. The summed E-state index contributed by atoms with van der Waals surface area (Å²) in [5.74, 6) is -0.306. The normalized spacial score (nSPS) is 17.6. The minimum absolute atomic E-state index is 0.221. The second-order valence-corrected chi connectivity index (χ2v) is 7.27. The van der Waals surface area contributed by atoms with Crippen LogP contribution in [-0.4, -0.2) is 30.6 Å². The van der Waals surface area contributed by atoms with Gasteiger partial charge >= 0.3 is 0 Å². The van der Waals surface area contributed by atoms with Gasteiger partial charge in [0.25, 0.3) is 5.91 Å². The summed E-state index contributed by atoms with van der Waals surface area (Å²) in [7, 11) is 1.55. The molecule has 4 rings (SSSR count). The van der Waals surface area contributed by atoms with Gasteiger partial charge in [-0.2, -0.15) is 0 Å². The van der Waals surface area contributed by atoms with Crippen molar-refractivity contribution in [1.82, 2.24) is 0 Å². The van der Waals surface area contributed by atoms with E-state index < -0.39 is 11.5 Å². The third-order valence-electron chi connectivity index (χ3n) is 5.23. The average Bonchev–Trinajstić information content (AvgIpc) is 2.97. The summed E-state index contributed by atoms with van der Waals surface area (Å²) in [6, 6.07) is 21.2.